The average molecular weight is 328 g/mol. The fraction of sp³-hybridized carbons (Fsp3) is 0.619. The van der Waals surface area contributed by atoms with Crippen molar-refractivity contribution in [2.24, 2.45) is 0 Å². The van der Waals surface area contributed by atoms with Gasteiger partial charge in [0, 0.05) is 13.0 Å². The van der Waals surface area contributed by atoms with Crippen LogP contribution in [-0.2, 0) is 24.8 Å². The predicted octanol–water partition coefficient (Wildman–Crippen LogP) is 5.23. The second-order valence-corrected chi connectivity index (χ2v) is 6.92. The van der Waals surface area contributed by atoms with E-state index in [1.165, 1.54) is 29.5 Å². The third kappa shape index (κ3) is 3.40. The number of aromatic nitrogens is 3. The van der Waals surface area contributed by atoms with Crippen LogP contribution in [0.3, 0.4) is 0 Å². The maximum Gasteiger partial charge on any atom is 0.161 e. The zero-order valence-corrected chi connectivity index (χ0v) is 16.3. The standard InChI is InChI=1S/C21H33N3/c1-7-11-15-21(6,19-16(5)13-12-14-17(19)8-2)20-22-18(9-3)24(10-4)23-20/h12-14H,7-11,15H2,1-6H3. The Labute approximate surface area is 147 Å². The van der Waals surface area contributed by atoms with Crippen molar-refractivity contribution in [3.8, 4) is 0 Å². The molecule has 1 unspecified atom stereocenters. The van der Waals surface area contributed by atoms with Crippen LogP contribution in [0.4, 0.5) is 0 Å². The number of nitrogens with zero attached hydrogens (tertiary/aromatic N) is 3. The van der Waals surface area contributed by atoms with Gasteiger partial charge in [-0.05, 0) is 50.3 Å². The molecule has 0 bridgehead atoms. The molecule has 3 nitrogen and oxygen atoms in total. The van der Waals surface area contributed by atoms with Gasteiger partial charge in [0.1, 0.15) is 5.82 Å². The van der Waals surface area contributed by atoms with Crippen LogP contribution in [0.2, 0.25) is 0 Å². The maximum atomic E-state index is 4.97. The van der Waals surface area contributed by atoms with Gasteiger partial charge in [0.05, 0.1) is 5.41 Å². The number of unbranched alkanes of at least 4 members (excludes halogenated alkanes) is 1. The first-order valence-electron chi connectivity index (χ1n) is 9.54. The lowest BCUT2D eigenvalue weighted by molar-refractivity contribution is 0.455. The van der Waals surface area contributed by atoms with Gasteiger partial charge in [-0.3, -0.25) is 4.68 Å². The van der Waals surface area contributed by atoms with Crippen LogP contribution in [0, 0.1) is 6.92 Å². The van der Waals surface area contributed by atoms with Gasteiger partial charge in [0.2, 0.25) is 0 Å². The van der Waals surface area contributed by atoms with Crippen molar-refractivity contribution in [1.82, 2.24) is 14.8 Å². The van der Waals surface area contributed by atoms with E-state index in [0.29, 0.717) is 0 Å². The normalized spacial score (nSPS) is 13.9. The van der Waals surface area contributed by atoms with Gasteiger partial charge in [-0.25, -0.2) is 4.98 Å². The molecule has 0 aliphatic heterocycles. The van der Waals surface area contributed by atoms with E-state index in [1.807, 2.05) is 0 Å². The number of rotatable bonds is 8. The lowest BCUT2D eigenvalue weighted by Gasteiger charge is -2.31. The molecule has 0 radical (unpaired) electrons. The van der Waals surface area contributed by atoms with Crippen molar-refractivity contribution in [2.75, 3.05) is 0 Å². The summed E-state index contributed by atoms with van der Waals surface area (Å²) >= 11 is 0. The van der Waals surface area contributed by atoms with Gasteiger partial charge in [-0.1, -0.05) is 51.8 Å². The van der Waals surface area contributed by atoms with Crippen LogP contribution in [0.15, 0.2) is 18.2 Å². The molecule has 24 heavy (non-hydrogen) atoms. The zero-order chi connectivity index (χ0) is 17.7. The van der Waals surface area contributed by atoms with Crippen LogP contribution in [-0.4, -0.2) is 14.8 Å². The van der Waals surface area contributed by atoms with Crippen LogP contribution in [0.5, 0.6) is 0 Å². The van der Waals surface area contributed by atoms with E-state index in [1.54, 1.807) is 0 Å². The Morgan fingerprint density at radius 1 is 1.08 bits per heavy atom. The fourth-order valence-corrected chi connectivity index (χ4v) is 3.81. The van der Waals surface area contributed by atoms with E-state index in [2.05, 4.69) is 64.4 Å². The van der Waals surface area contributed by atoms with Crippen molar-refractivity contribution in [2.45, 2.75) is 85.6 Å². The number of benzene rings is 1. The molecular weight excluding hydrogens is 294 g/mol. The molecular formula is C21H33N3. The van der Waals surface area contributed by atoms with Gasteiger partial charge in [-0.2, -0.15) is 5.10 Å². The average Bonchev–Trinajstić information content (AvgIpc) is 3.03. The van der Waals surface area contributed by atoms with Gasteiger partial charge in [0.25, 0.3) is 0 Å². The molecule has 0 aliphatic rings. The van der Waals surface area contributed by atoms with Gasteiger partial charge in [-0.15, -0.1) is 0 Å². The highest BCUT2D eigenvalue weighted by Crippen LogP contribution is 2.39. The van der Waals surface area contributed by atoms with Gasteiger partial charge in [0.15, 0.2) is 5.82 Å². The van der Waals surface area contributed by atoms with E-state index in [9.17, 15) is 0 Å². The Morgan fingerprint density at radius 3 is 2.38 bits per heavy atom. The molecule has 0 amide bonds. The first kappa shape index (κ1) is 18.7. The molecule has 0 aliphatic carbocycles. The Balaban J connectivity index is 2.65. The summed E-state index contributed by atoms with van der Waals surface area (Å²) in [5.41, 5.74) is 4.12. The third-order valence-electron chi connectivity index (χ3n) is 5.18. The number of hydrogen-bond donors (Lipinski definition) is 0. The summed E-state index contributed by atoms with van der Waals surface area (Å²) in [6.45, 7) is 14.3. The number of hydrogen-bond acceptors (Lipinski definition) is 2. The number of aryl methyl sites for hydroxylation is 4. The molecule has 0 fully saturated rings. The molecule has 3 heteroatoms. The maximum absolute atomic E-state index is 4.97. The van der Waals surface area contributed by atoms with Crippen molar-refractivity contribution in [3.63, 3.8) is 0 Å². The molecule has 132 valence electrons. The summed E-state index contributed by atoms with van der Waals surface area (Å²) in [6, 6.07) is 6.67. The molecule has 1 aromatic carbocycles. The van der Waals surface area contributed by atoms with Crippen LogP contribution >= 0.6 is 0 Å². The van der Waals surface area contributed by atoms with E-state index in [0.717, 1.165) is 37.5 Å². The molecule has 2 aromatic rings. The first-order chi connectivity index (χ1) is 11.5. The fourth-order valence-electron chi connectivity index (χ4n) is 3.81. The molecule has 1 aromatic heterocycles. The van der Waals surface area contributed by atoms with Gasteiger partial charge >= 0.3 is 0 Å². The lowest BCUT2D eigenvalue weighted by Crippen LogP contribution is -2.28. The molecule has 0 N–H and O–H groups in total. The Morgan fingerprint density at radius 2 is 1.83 bits per heavy atom. The van der Waals surface area contributed by atoms with E-state index < -0.39 is 0 Å². The minimum absolute atomic E-state index is 0.114. The van der Waals surface area contributed by atoms with Gasteiger partial charge < -0.3 is 0 Å². The first-order valence-corrected chi connectivity index (χ1v) is 9.54. The van der Waals surface area contributed by atoms with Crippen LogP contribution in [0.1, 0.15) is 82.2 Å². The Hall–Kier alpha value is -1.64. The summed E-state index contributed by atoms with van der Waals surface area (Å²) < 4.78 is 2.07. The van der Waals surface area contributed by atoms with E-state index in [4.69, 9.17) is 10.1 Å². The van der Waals surface area contributed by atoms with Crippen molar-refractivity contribution < 1.29 is 0 Å². The molecule has 1 atom stereocenters. The highest BCUT2D eigenvalue weighted by Gasteiger charge is 2.36. The topological polar surface area (TPSA) is 30.7 Å². The molecule has 0 spiro atoms. The van der Waals surface area contributed by atoms with E-state index >= 15 is 0 Å². The molecule has 2 rings (SSSR count). The van der Waals surface area contributed by atoms with Crippen LogP contribution < -0.4 is 0 Å². The minimum atomic E-state index is -0.114. The van der Waals surface area contributed by atoms with Crippen molar-refractivity contribution in [1.29, 1.82) is 0 Å². The summed E-state index contributed by atoms with van der Waals surface area (Å²) in [7, 11) is 0. The van der Waals surface area contributed by atoms with Crippen LogP contribution in [0.25, 0.3) is 0 Å². The largest absolute Gasteiger partial charge is 0.250 e. The summed E-state index contributed by atoms with van der Waals surface area (Å²) in [4.78, 5) is 4.97. The lowest BCUT2D eigenvalue weighted by atomic mass is 9.73. The molecule has 0 saturated heterocycles. The zero-order valence-electron chi connectivity index (χ0n) is 16.3. The summed E-state index contributed by atoms with van der Waals surface area (Å²) in [6.07, 6.45) is 5.46. The Bertz CT molecular complexity index is 650. The monoisotopic (exact) mass is 327 g/mol. The second-order valence-electron chi connectivity index (χ2n) is 6.92. The third-order valence-corrected chi connectivity index (χ3v) is 5.18. The molecule has 1 heterocycles. The highest BCUT2D eigenvalue weighted by atomic mass is 15.3. The molecule has 0 saturated carbocycles. The SMILES string of the molecule is CCCCC(C)(c1nc(CC)n(CC)n1)c1c(C)cccc1CC. The summed E-state index contributed by atoms with van der Waals surface area (Å²) in [5, 5.41) is 4.92. The predicted molar refractivity (Wildman–Crippen MR) is 102 cm³/mol. The smallest absolute Gasteiger partial charge is 0.161 e. The Kier molecular flexibility index (Phi) is 6.20. The quantitative estimate of drug-likeness (QED) is 0.665. The highest BCUT2D eigenvalue weighted by molar-refractivity contribution is 5.44. The minimum Gasteiger partial charge on any atom is -0.250 e. The van der Waals surface area contributed by atoms with E-state index in [-0.39, 0.29) is 5.41 Å². The summed E-state index contributed by atoms with van der Waals surface area (Å²) in [5.74, 6) is 2.10. The van der Waals surface area contributed by atoms with Crippen molar-refractivity contribution >= 4 is 0 Å². The van der Waals surface area contributed by atoms with Crippen molar-refractivity contribution in [3.05, 3.63) is 46.5 Å². The second kappa shape index (κ2) is 7.96.